The molecule has 1 rings (SSSR count). The molecule has 1 fully saturated rings. The van der Waals surface area contributed by atoms with Crippen molar-refractivity contribution in [1.82, 2.24) is 10.2 Å². The monoisotopic (exact) mass is 270 g/mol. The summed E-state index contributed by atoms with van der Waals surface area (Å²) in [6, 6.07) is 1.36. The van der Waals surface area contributed by atoms with Crippen molar-refractivity contribution in [3.05, 3.63) is 0 Å². The largest absolute Gasteiger partial charge is 0.383 e. The first-order chi connectivity index (χ1) is 9.19. The summed E-state index contributed by atoms with van der Waals surface area (Å²) < 4.78 is 5.31. The van der Waals surface area contributed by atoms with Gasteiger partial charge >= 0.3 is 0 Å². The molecular formula is C16H34N2O. The fourth-order valence-corrected chi connectivity index (χ4v) is 3.30. The standard InChI is InChI=1S/C16H34N2O/c1-5-17-15-9-7-6-8-10-16(15)18(11-12-19-4)13-14(2)3/h14-17H,5-13H2,1-4H3. The first-order valence-corrected chi connectivity index (χ1v) is 8.15. The van der Waals surface area contributed by atoms with E-state index in [-0.39, 0.29) is 0 Å². The fourth-order valence-electron chi connectivity index (χ4n) is 3.30. The molecule has 0 spiro atoms. The van der Waals surface area contributed by atoms with Crippen LogP contribution >= 0.6 is 0 Å². The Labute approximate surface area is 120 Å². The molecule has 3 nitrogen and oxygen atoms in total. The van der Waals surface area contributed by atoms with Crippen LogP contribution in [0.3, 0.4) is 0 Å². The van der Waals surface area contributed by atoms with Crippen molar-refractivity contribution in [2.45, 2.75) is 65.0 Å². The summed E-state index contributed by atoms with van der Waals surface area (Å²) in [5.74, 6) is 0.724. The average molecular weight is 270 g/mol. The van der Waals surface area contributed by atoms with Crippen LogP contribution < -0.4 is 5.32 Å². The minimum Gasteiger partial charge on any atom is -0.383 e. The molecule has 0 aliphatic heterocycles. The van der Waals surface area contributed by atoms with Crippen LogP contribution in [0.25, 0.3) is 0 Å². The van der Waals surface area contributed by atoms with Crippen LogP contribution in [-0.2, 0) is 4.74 Å². The Morgan fingerprint density at radius 3 is 2.58 bits per heavy atom. The number of nitrogens with one attached hydrogen (secondary N) is 1. The Morgan fingerprint density at radius 2 is 1.95 bits per heavy atom. The van der Waals surface area contributed by atoms with E-state index in [1.165, 1.54) is 38.6 Å². The lowest BCUT2D eigenvalue weighted by atomic mass is 9.99. The van der Waals surface area contributed by atoms with Gasteiger partial charge in [0.05, 0.1) is 6.61 Å². The Morgan fingerprint density at radius 1 is 1.21 bits per heavy atom. The molecule has 3 heteroatoms. The van der Waals surface area contributed by atoms with Gasteiger partial charge < -0.3 is 10.1 Å². The van der Waals surface area contributed by atoms with E-state index in [0.717, 1.165) is 25.6 Å². The molecule has 114 valence electrons. The highest BCUT2D eigenvalue weighted by Crippen LogP contribution is 2.23. The van der Waals surface area contributed by atoms with E-state index >= 15 is 0 Å². The number of rotatable bonds is 8. The van der Waals surface area contributed by atoms with Crippen LogP contribution in [0.15, 0.2) is 0 Å². The lowest BCUT2D eigenvalue weighted by Gasteiger charge is -2.37. The summed E-state index contributed by atoms with van der Waals surface area (Å²) in [6.45, 7) is 11.1. The number of hydrogen-bond donors (Lipinski definition) is 1. The minimum absolute atomic E-state index is 0.670. The third-order valence-electron chi connectivity index (χ3n) is 4.10. The predicted molar refractivity (Wildman–Crippen MR) is 82.6 cm³/mol. The van der Waals surface area contributed by atoms with Gasteiger partial charge in [0.1, 0.15) is 0 Å². The van der Waals surface area contributed by atoms with E-state index in [2.05, 4.69) is 31.0 Å². The van der Waals surface area contributed by atoms with Gasteiger partial charge in [0, 0.05) is 32.3 Å². The molecule has 0 aromatic heterocycles. The zero-order valence-corrected chi connectivity index (χ0v) is 13.5. The van der Waals surface area contributed by atoms with Crippen LogP contribution in [0.1, 0.15) is 52.9 Å². The lowest BCUT2D eigenvalue weighted by molar-refractivity contribution is 0.0886. The first-order valence-electron chi connectivity index (χ1n) is 8.15. The summed E-state index contributed by atoms with van der Waals surface area (Å²) >= 11 is 0. The maximum Gasteiger partial charge on any atom is 0.0589 e. The highest BCUT2D eigenvalue weighted by atomic mass is 16.5. The third kappa shape index (κ3) is 6.24. The molecule has 1 aliphatic carbocycles. The van der Waals surface area contributed by atoms with Crippen LogP contribution in [-0.4, -0.2) is 50.3 Å². The predicted octanol–water partition coefficient (Wildman–Crippen LogP) is 2.90. The normalized spacial score (nSPS) is 24.9. The van der Waals surface area contributed by atoms with Crippen molar-refractivity contribution in [2.24, 2.45) is 5.92 Å². The van der Waals surface area contributed by atoms with E-state index in [4.69, 9.17) is 4.74 Å². The van der Waals surface area contributed by atoms with Crippen molar-refractivity contribution in [2.75, 3.05) is 33.4 Å². The second-order valence-corrected chi connectivity index (χ2v) is 6.25. The molecule has 19 heavy (non-hydrogen) atoms. The molecule has 1 aliphatic rings. The third-order valence-corrected chi connectivity index (χ3v) is 4.10. The molecule has 0 saturated heterocycles. The second kappa shape index (κ2) is 9.73. The molecule has 2 atom stereocenters. The smallest absolute Gasteiger partial charge is 0.0589 e. The van der Waals surface area contributed by atoms with Gasteiger partial charge in [0.15, 0.2) is 0 Å². The second-order valence-electron chi connectivity index (χ2n) is 6.25. The fraction of sp³-hybridized carbons (Fsp3) is 1.00. The summed E-state index contributed by atoms with van der Waals surface area (Å²) in [5.41, 5.74) is 0. The molecule has 2 unspecified atom stereocenters. The van der Waals surface area contributed by atoms with Crippen molar-refractivity contribution in [3.8, 4) is 0 Å². The van der Waals surface area contributed by atoms with Crippen LogP contribution in [0, 0.1) is 5.92 Å². The number of likely N-dealkylation sites (N-methyl/N-ethyl adjacent to an activating group) is 1. The SMILES string of the molecule is CCNC1CCCCCC1N(CCOC)CC(C)C. The highest BCUT2D eigenvalue weighted by molar-refractivity contribution is 4.87. The van der Waals surface area contributed by atoms with Crippen molar-refractivity contribution < 1.29 is 4.74 Å². The maximum absolute atomic E-state index is 5.31. The highest BCUT2D eigenvalue weighted by Gasteiger charge is 2.28. The number of ether oxygens (including phenoxy) is 1. The van der Waals surface area contributed by atoms with E-state index < -0.39 is 0 Å². The zero-order chi connectivity index (χ0) is 14.1. The summed E-state index contributed by atoms with van der Waals surface area (Å²) in [7, 11) is 1.81. The Kier molecular flexibility index (Phi) is 8.67. The van der Waals surface area contributed by atoms with Gasteiger partial charge in [-0.1, -0.05) is 40.0 Å². The quantitative estimate of drug-likeness (QED) is 0.686. The Bertz CT molecular complexity index is 221. The summed E-state index contributed by atoms with van der Waals surface area (Å²) in [6.07, 6.45) is 6.84. The maximum atomic E-state index is 5.31. The van der Waals surface area contributed by atoms with Crippen molar-refractivity contribution >= 4 is 0 Å². The molecule has 1 N–H and O–H groups in total. The number of nitrogens with zero attached hydrogens (tertiary/aromatic N) is 1. The molecule has 0 amide bonds. The molecule has 0 aromatic carbocycles. The molecule has 0 radical (unpaired) electrons. The minimum atomic E-state index is 0.670. The molecule has 0 heterocycles. The van der Waals surface area contributed by atoms with Gasteiger partial charge in [-0.3, -0.25) is 4.90 Å². The molecule has 0 bridgehead atoms. The summed E-state index contributed by atoms with van der Waals surface area (Å²) in [5, 5.41) is 3.72. The van der Waals surface area contributed by atoms with Gasteiger partial charge in [-0.05, 0) is 25.3 Å². The van der Waals surface area contributed by atoms with Crippen LogP contribution in [0.5, 0.6) is 0 Å². The Hall–Kier alpha value is -0.120. The Balaban J connectivity index is 2.68. The van der Waals surface area contributed by atoms with Gasteiger partial charge in [-0.15, -0.1) is 0 Å². The first kappa shape index (κ1) is 16.9. The van der Waals surface area contributed by atoms with Crippen molar-refractivity contribution in [3.63, 3.8) is 0 Å². The average Bonchev–Trinajstić information content (AvgIpc) is 2.60. The molecular weight excluding hydrogens is 236 g/mol. The molecule has 1 saturated carbocycles. The number of hydrogen-bond acceptors (Lipinski definition) is 3. The van der Waals surface area contributed by atoms with Crippen LogP contribution in [0.4, 0.5) is 0 Å². The number of methoxy groups -OCH3 is 1. The summed E-state index contributed by atoms with van der Waals surface area (Å²) in [4.78, 5) is 2.67. The zero-order valence-electron chi connectivity index (χ0n) is 13.5. The van der Waals surface area contributed by atoms with Gasteiger partial charge in [-0.25, -0.2) is 0 Å². The lowest BCUT2D eigenvalue weighted by Crippen LogP contribution is -2.51. The van der Waals surface area contributed by atoms with Gasteiger partial charge in [-0.2, -0.15) is 0 Å². The van der Waals surface area contributed by atoms with Gasteiger partial charge in [0.25, 0.3) is 0 Å². The van der Waals surface area contributed by atoms with E-state index in [1.807, 2.05) is 7.11 Å². The van der Waals surface area contributed by atoms with E-state index in [9.17, 15) is 0 Å². The van der Waals surface area contributed by atoms with Crippen LogP contribution in [0.2, 0.25) is 0 Å². The van der Waals surface area contributed by atoms with E-state index in [1.54, 1.807) is 0 Å². The van der Waals surface area contributed by atoms with Crippen molar-refractivity contribution in [1.29, 1.82) is 0 Å². The topological polar surface area (TPSA) is 24.5 Å². The molecule has 0 aromatic rings. The van der Waals surface area contributed by atoms with E-state index in [0.29, 0.717) is 12.1 Å². The van der Waals surface area contributed by atoms with Gasteiger partial charge in [0.2, 0.25) is 0 Å².